The summed E-state index contributed by atoms with van der Waals surface area (Å²) in [5, 5.41) is 44.2. The number of aliphatic hydroxyl groups excluding tert-OH is 2. The Labute approximate surface area is 185 Å². The van der Waals surface area contributed by atoms with Gasteiger partial charge in [0, 0.05) is 6.42 Å². The minimum Gasteiger partial charge on any atom is -0.481 e. The van der Waals surface area contributed by atoms with Crippen LogP contribution in [0.2, 0.25) is 0 Å². The van der Waals surface area contributed by atoms with Crippen LogP contribution < -0.4 is 21.7 Å². The summed E-state index contributed by atoms with van der Waals surface area (Å²) in [4.78, 5) is 59.2. The van der Waals surface area contributed by atoms with Gasteiger partial charge in [-0.15, -0.1) is 0 Å². The molecule has 0 aliphatic heterocycles. The van der Waals surface area contributed by atoms with E-state index in [1.807, 2.05) is 13.8 Å². The summed E-state index contributed by atoms with van der Waals surface area (Å²) >= 11 is 0. The molecule has 0 saturated carbocycles. The molecule has 0 heterocycles. The van der Waals surface area contributed by atoms with Gasteiger partial charge in [0.25, 0.3) is 0 Å². The molecule has 3 amide bonds. The molecule has 32 heavy (non-hydrogen) atoms. The predicted octanol–water partition coefficient (Wildman–Crippen LogP) is -2.47. The Morgan fingerprint density at radius 2 is 1.22 bits per heavy atom. The van der Waals surface area contributed by atoms with Crippen molar-refractivity contribution in [2.45, 2.75) is 83.3 Å². The lowest BCUT2D eigenvalue weighted by Crippen LogP contribution is -2.61. The Kier molecular flexibility index (Phi) is 12.4. The van der Waals surface area contributed by atoms with Crippen molar-refractivity contribution < 1.29 is 44.4 Å². The van der Waals surface area contributed by atoms with Crippen LogP contribution in [0.15, 0.2) is 0 Å². The molecular weight excluding hydrogens is 428 g/mol. The topological polar surface area (TPSA) is 228 Å². The minimum absolute atomic E-state index is 0.0983. The van der Waals surface area contributed by atoms with E-state index in [-0.39, 0.29) is 5.92 Å². The highest BCUT2D eigenvalue weighted by Crippen LogP contribution is 2.05. The SMILES string of the molecule is CC(C)CC(N)C(=O)NC(C(=O)NC(C(=O)NC(CCC(=O)O)C(=O)O)C(C)O)C(C)O. The molecule has 13 heteroatoms. The Balaban J connectivity index is 5.34. The summed E-state index contributed by atoms with van der Waals surface area (Å²) < 4.78 is 0. The zero-order chi connectivity index (χ0) is 25.2. The maximum Gasteiger partial charge on any atom is 0.326 e. The monoisotopic (exact) mass is 462 g/mol. The summed E-state index contributed by atoms with van der Waals surface area (Å²) in [7, 11) is 0. The van der Waals surface area contributed by atoms with Crippen LogP contribution in [0, 0.1) is 5.92 Å². The summed E-state index contributed by atoms with van der Waals surface area (Å²) in [6, 6.07) is -5.66. The first kappa shape index (κ1) is 29.2. The summed E-state index contributed by atoms with van der Waals surface area (Å²) in [5.41, 5.74) is 5.77. The average molecular weight is 463 g/mol. The van der Waals surface area contributed by atoms with Crippen LogP contribution in [0.4, 0.5) is 0 Å². The summed E-state index contributed by atoms with van der Waals surface area (Å²) in [5.74, 6) is -5.46. The number of carboxylic acid groups (broad SMARTS) is 2. The number of carbonyl (C=O) groups is 5. The normalized spacial score (nSPS) is 16.8. The molecule has 0 spiro atoms. The number of aliphatic hydroxyl groups is 2. The van der Waals surface area contributed by atoms with Crippen LogP contribution in [0.5, 0.6) is 0 Å². The Morgan fingerprint density at radius 3 is 1.59 bits per heavy atom. The fourth-order valence-corrected chi connectivity index (χ4v) is 2.72. The van der Waals surface area contributed by atoms with E-state index in [2.05, 4.69) is 16.0 Å². The van der Waals surface area contributed by atoms with Gasteiger partial charge in [-0.25, -0.2) is 4.79 Å². The van der Waals surface area contributed by atoms with Gasteiger partial charge in [-0.3, -0.25) is 19.2 Å². The second kappa shape index (κ2) is 13.6. The highest BCUT2D eigenvalue weighted by molar-refractivity contribution is 5.94. The Hall–Kier alpha value is -2.77. The molecule has 0 aliphatic rings. The minimum atomic E-state index is -1.64. The molecule has 0 aliphatic carbocycles. The number of aliphatic carboxylic acids is 2. The molecule has 0 aromatic heterocycles. The van der Waals surface area contributed by atoms with Crippen LogP contribution in [-0.4, -0.2) is 86.5 Å². The third-order valence-corrected chi connectivity index (χ3v) is 4.45. The fourth-order valence-electron chi connectivity index (χ4n) is 2.72. The first-order valence-corrected chi connectivity index (χ1v) is 10.1. The second-order valence-corrected chi connectivity index (χ2v) is 8.02. The number of carbonyl (C=O) groups excluding carboxylic acids is 3. The highest BCUT2D eigenvalue weighted by Gasteiger charge is 2.34. The molecule has 0 aromatic rings. The lowest BCUT2D eigenvalue weighted by molar-refractivity contribution is -0.144. The van der Waals surface area contributed by atoms with E-state index in [9.17, 15) is 34.2 Å². The average Bonchev–Trinajstić information content (AvgIpc) is 2.65. The van der Waals surface area contributed by atoms with E-state index in [0.717, 1.165) is 6.92 Å². The van der Waals surface area contributed by atoms with Crippen LogP contribution >= 0.6 is 0 Å². The van der Waals surface area contributed by atoms with E-state index in [1.54, 1.807) is 0 Å². The molecule has 9 N–H and O–H groups in total. The van der Waals surface area contributed by atoms with Crippen molar-refractivity contribution >= 4 is 29.7 Å². The molecule has 0 aromatic carbocycles. The van der Waals surface area contributed by atoms with Crippen LogP contribution in [0.3, 0.4) is 0 Å². The molecule has 0 bridgehead atoms. The number of rotatable bonds is 14. The molecule has 0 fully saturated rings. The smallest absolute Gasteiger partial charge is 0.326 e. The molecule has 0 rings (SSSR count). The largest absolute Gasteiger partial charge is 0.481 e. The number of carboxylic acids is 2. The van der Waals surface area contributed by atoms with Gasteiger partial charge in [0.2, 0.25) is 17.7 Å². The Bertz CT molecular complexity index is 682. The number of nitrogens with two attached hydrogens (primary N) is 1. The maximum absolute atomic E-state index is 12.6. The Morgan fingerprint density at radius 1 is 0.781 bits per heavy atom. The van der Waals surface area contributed by atoms with Gasteiger partial charge in [-0.1, -0.05) is 13.8 Å². The van der Waals surface area contributed by atoms with E-state index < -0.39 is 78.9 Å². The standard InChI is InChI=1S/C19H34N4O9/c1-8(2)7-11(20)16(28)22-15(10(4)25)18(30)23-14(9(3)24)17(29)21-12(19(31)32)5-6-13(26)27/h8-12,14-15,24-25H,5-7,20H2,1-4H3,(H,21,29)(H,22,28)(H,23,30)(H,26,27)(H,31,32). The summed E-state index contributed by atoms with van der Waals surface area (Å²) in [6.45, 7) is 6.08. The fraction of sp³-hybridized carbons (Fsp3) is 0.737. The van der Waals surface area contributed by atoms with Crippen LogP contribution in [-0.2, 0) is 24.0 Å². The van der Waals surface area contributed by atoms with Gasteiger partial charge in [0.15, 0.2) is 0 Å². The third kappa shape index (κ3) is 10.5. The number of hydrogen-bond acceptors (Lipinski definition) is 8. The van der Waals surface area contributed by atoms with Crippen LogP contribution in [0.25, 0.3) is 0 Å². The number of hydrogen-bond donors (Lipinski definition) is 8. The predicted molar refractivity (Wildman–Crippen MR) is 111 cm³/mol. The van der Waals surface area contributed by atoms with Gasteiger partial charge < -0.3 is 42.1 Å². The van der Waals surface area contributed by atoms with Crippen molar-refractivity contribution in [2.24, 2.45) is 11.7 Å². The van der Waals surface area contributed by atoms with Gasteiger partial charge in [0.1, 0.15) is 18.1 Å². The molecule has 6 unspecified atom stereocenters. The van der Waals surface area contributed by atoms with Crippen molar-refractivity contribution in [3.63, 3.8) is 0 Å². The van der Waals surface area contributed by atoms with Gasteiger partial charge in [-0.05, 0) is 32.6 Å². The molecule has 0 saturated heterocycles. The first-order chi connectivity index (χ1) is 14.7. The molecule has 184 valence electrons. The lowest BCUT2D eigenvalue weighted by Gasteiger charge is -2.27. The second-order valence-electron chi connectivity index (χ2n) is 8.02. The van der Waals surface area contributed by atoms with Crippen molar-refractivity contribution in [1.29, 1.82) is 0 Å². The number of amides is 3. The zero-order valence-electron chi connectivity index (χ0n) is 18.6. The quantitative estimate of drug-likeness (QED) is 0.135. The third-order valence-electron chi connectivity index (χ3n) is 4.45. The van der Waals surface area contributed by atoms with Crippen molar-refractivity contribution in [1.82, 2.24) is 16.0 Å². The van der Waals surface area contributed by atoms with E-state index in [0.29, 0.717) is 6.42 Å². The zero-order valence-corrected chi connectivity index (χ0v) is 18.6. The van der Waals surface area contributed by atoms with E-state index in [1.165, 1.54) is 6.92 Å². The lowest BCUT2D eigenvalue weighted by atomic mass is 10.0. The van der Waals surface area contributed by atoms with Crippen molar-refractivity contribution in [2.75, 3.05) is 0 Å². The van der Waals surface area contributed by atoms with Gasteiger partial charge >= 0.3 is 11.9 Å². The van der Waals surface area contributed by atoms with E-state index >= 15 is 0 Å². The summed E-state index contributed by atoms with van der Waals surface area (Å²) in [6.07, 6.45) is -3.50. The molecule has 6 atom stereocenters. The highest BCUT2D eigenvalue weighted by atomic mass is 16.4. The molecule has 13 nitrogen and oxygen atoms in total. The van der Waals surface area contributed by atoms with Crippen molar-refractivity contribution in [3.8, 4) is 0 Å². The number of nitrogens with one attached hydrogen (secondary N) is 3. The first-order valence-electron chi connectivity index (χ1n) is 10.1. The van der Waals surface area contributed by atoms with Crippen LogP contribution in [0.1, 0.15) is 47.0 Å². The molecular formula is C19H34N4O9. The van der Waals surface area contributed by atoms with Gasteiger partial charge in [-0.2, -0.15) is 0 Å². The molecule has 0 radical (unpaired) electrons. The van der Waals surface area contributed by atoms with Gasteiger partial charge in [0.05, 0.1) is 18.2 Å². The van der Waals surface area contributed by atoms with Crippen molar-refractivity contribution in [3.05, 3.63) is 0 Å². The van der Waals surface area contributed by atoms with E-state index in [4.69, 9.17) is 15.9 Å². The maximum atomic E-state index is 12.6.